The average molecular weight is 518 g/mol. The summed E-state index contributed by atoms with van der Waals surface area (Å²) in [7, 11) is 0. The van der Waals surface area contributed by atoms with Gasteiger partial charge in [-0.3, -0.25) is 14.4 Å². The second-order valence-corrected chi connectivity index (χ2v) is 10.4. The topological polar surface area (TPSA) is 109 Å². The highest BCUT2D eigenvalue weighted by atomic mass is 35.5. The van der Waals surface area contributed by atoms with Gasteiger partial charge in [-0.2, -0.15) is 5.48 Å². The van der Waals surface area contributed by atoms with Crippen molar-refractivity contribution >= 4 is 23.4 Å². The van der Waals surface area contributed by atoms with Gasteiger partial charge in [0.1, 0.15) is 11.6 Å². The highest BCUT2D eigenvalue weighted by Gasteiger charge is 2.55. The minimum Gasteiger partial charge on any atom is -0.484 e. The number of carbonyl (C=O) groups excluding carboxylic acids is 2. The number of aliphatic hydroxyl groups excluding tert-OH is 1. The molecule has 3 atom stereocenters. The predicted octanol–water partition coefficient (Wildman–Crippen LogP) is 2.94. The van der Waals surface area contributed by atoms with E-state index in [1.807, 2.05) is 30.3 Å². The summed E-state index contributed by atoms with van der Waals surface area (Å²) in [6.45, 7) is -0.313. The van der Waals surface area contributed by atoms with E-state index in [0.717, 1.165) is 11.6 Å². The number of nitrogens with one attached hydrogen (secondary N) is 3. The molecule has 4 fully saturated rings. The molecule has 3 aliphatic carbocycles. The Balaban J connectivity index is 1.13. The molecule has 8 nitrogen and oxygen atoms in total. The van der Waals surface area contributed by atoms with Crippen LogP contribution in [0.2, 0.25) is 5.02 Å². The lowest BCUT2D eigenvalue weighted by Gasteiger charge is -2.56. The third kappa shape index (κ3) is 5.06. The van der Waals surface area contributed by atoms with Gasteiger partial charge >= 0.3 is 0 Å². The number of fused-ring (bicyclic) bond motifs is 3. The molecular formula is C26H29ClFN3O5. The van der Waals surface area contributed by atoms with Crippen molar-refractivity contribution in [3.63, 3.8) is 0 Å². The maximum absolute atomic E-state index is 13.6. The van der Waals surface area contributed by atoms with Crippen LogP contribution < -0.4 is 20.9 Å². The standard InChI is InChI=1S/C26H29ClFN3O5/c27-18-7-6-17(12-19(18)28)35-15-23(33)29-26-10-8-25(9-11-26,14-22(26)32)30-24(34)21-13-20(31-36-21)16-4-2-1-3-5-16/h1-7,12,20-22,31-32H,8-11,13-15H2,(H,29,33)(H,30,34)/t20?,21?,22-,25?,26?/m0/s1. The van der Waals surface area contributed by atoms with Gasteiger partial charge in [-0.1, -0.05) is 41.9 Å². The molecule has 6 rings (SSSR count). The number of hydrogen-bond acceptors (Lipinski definition) is 6. The molecule has 0 aromatic heterocycles. The molecular weight excluding hydrogens is 489 g/mol. The summed E-state index contributed by atoms with van der Waals surface area (Å²) in [6, 6.07) is 13.7. The van der Waals surface area contributed by atoms with E-state index in [9.17, 15) is 19.1 Å². The van der Waals surface area contributed by atoms with E-state index in [4.69, 9.17) is 21.2 Å². The third-order valence-corrected chi connectivity index (χ3v) is 7.96. The molecule has 2 aromatic carbocycles. The molecule has 1 saturated heterocycles. The van der Waals surface area contributed by atoms with Crippen molar-refractivity contribution in [2.45, 2.75) is 67.9 Å². The zero-order valence-electron chi connectivity index (χ0n) is 19.6. The third-order valence-electron chi connectivity index (χ3n) is 7.66. The second-order valence-electron chi connectivity index (χ2n) is 9.98. The first-order chi connectivity index (χ1) is 17.3. The lowest BCUT2D eigenvalue weighted by Crippen LogP contribution is -2.70. The van der Waals surface area contributed by atoms with Gasteiger partial charge in [0.25, 0.3) is 11.8 Å². The summed E-state index contributed by atoms with van der Waals surface area (Å²) in [5, 5.41) is 17.0. The molecule has 1 heterocycles. The zero-order valence-corrected chi connectivity index (χ0v) is 20.4. The van der Waals surface area contributed by atoms with Crippen LogP contribution in [-0.4, -0.2) is 46.8 Å². The first-order valence-corrected chi connectivity index (χ1v) is 12.5. The van der Waals surface area contributed by atoms with E-state index in [-0.39, 0.29) is 29.3 Å². The highest BCUT2D eigenvalue weighted by molar-refractivity contribution is 6.30. The fourth-order valence-electron chi connectivity index (χ4n) is 5.56. The van der Waals surface area contributed by atoms with Crippen molar-refractivity contribution < 1.29 is 28.7 Å². The van der Waals surface area contributed by atoms with Crippen LogP contribution >= 0.6 is 11.6 Å². The molecule has 1 aliphatic heterocycles. The lowest BCUT2D eigenvalue weighted by molar-refractivity contribution is -0.142. The Morgan fingerprint density at radius 3 is 2.58 bits per heavy atom. The normalized spacial score (nSPS) is 31.1. The first-order valence-electron chi connectivity index (χ1n) is 12.1. The summed E-state index contributed by atoms with van der Waals surface area (Å²) < 4.78 is 19.0. The lowest BCUT2D eigenvalue weighted by atomic mass is 9.59. The molecule has 4 N–H and O–H groups in total. The van der Waals surface area contributed by atoms with Crippen LogP contribution in [0.3, 0.4) is 0 Å². The minimum absolute atomic E-state index is 0.0273. The van der Waals surface area contributed by atoms with Crippen molar-refractivity contribution in [1.29, 1.82) is 0 Å². The number of benzene rings is 2. The Labute approximate surface area is 213 Å². The van der Waals surface area contributed by atoms with Crippen molar-refractivity contribution in [1.82, 2.24) is 16.1 Å². The number of amides is 2. The molecule has 0 radical (unpaired) electrons. The predicted molar refractivity (Wildman–Crippen MR) is 130 cm³/mol. The van der Waals surface area contributed by atoms with Crippen LogP contribution in [0.1, 0.15) is 50.1 Å². The van der Waals surface area contributed by atoms with Crippen LogP contribution in [0, 0.1) is 5.82 Å². The summed E-state index contributed by atoms with van der Waals surface area (Å²) in [6.07, 6.45) is 1.71. The van der Waals surface area contributed by atoms with E-state index in [1.54, 1.807) is 0 Å². The van der Waals surface area contributed by atoms with Gasteiger partial charge in [0.15, 0.2) is 12.7 Å². The summed E-state index contributed by atoms with van der Waals surface area (Å²) >= 11 is 5.67. The Bertz CT molecular complexity index is 1130. The highest BCUT2D eigenvalue weighted by Crippen LogP contribution is 2.47. The first kappa shape index (κ1) is 25.0. The molecule has 4 aliphatic rings. The van der Waals surface area contributed by atoms with Crippen molar-refractivity contribution in [2.75, 3.05) is 6.61 Å². The maximum atomic E-state index is 13.6. The fourth-order valence-corrected chi connectivity index (χ4v) is 5.68. The molecule has 36 heavy (non-hydrogen) atoms. The monoisotopic (exact) mass is 517 g/mol. The second kappa shape index (κ2) is 9.97. The van der Waals surface area contributed by atoms with Crippen molar-refractivity contribution in [2.24, 2.45) is 0 Å². The zero-order chi connectivity index (χ0) is 25.3. The molecule has 10 heteroatoms. The van der Waals surface area contributed by atoms with E-state index in [1.165, 1.54) is 12.1 Å². The molecule has 0 spiro atoms. The largest absolute Gasteiger partial charge is 0.484 e. The summed E-state index contributed by atoms with van der Waals surface area (Å²) in [5.41, 5.74) is 2.70. The number of hydroxylamine groups is 1. The SMILES string of the molecule is O=C(COc1ccc(Cl)c(F)c1)NC12CCC(NC(=O)C3CC(c4ccccc4)NO3)(CC1)C[C@@H]2O. The summed E-state index contributed by atoms with van der Waals surface area (Å²) in [5.74, 6) is -1.04. The van der Waals surface area contributed by atoms with Crippen LogP contribution in [0.4, 0.5) is 4.39 Å². The van der Waals surface area contributed by atoms with Gasteiger partial charge in [0, 0.05) is 18.0 Å². The van der Waals surface area contributed by atoms with Gasteiger partial charge in [-0.25, -0.2) is 4.39 Å². The van der Waals surface area contributed by atoms with Crippen molar-refractivity contribution in [3.05, 3.63) is 64.9 Å². The molecule has 2 bridgehead atoms. The maximum Gasteiger partial charge on any atom is 0.258 e. The minimum atomic E-state index is -0.822. The van der Waals surface area contributed by atoms with Crippen LogP contribution in [0.15, 0.2) is 48.5 Å². The van der Waals surface area contributed by atoms with Crippen LogP contribution in [0.25, 0.3) is 0 Å². The van der Waals surface area contributed by atoms with Gasteiger partial charge in [-0.15, -0.1) is 0 Å². The van der Waals surface area contributed by atoms with E-state index >= 15 is 0 Å². The van der Waals surface area contributed by atoms with Crippen LogP contribution in [-0.2, 0) is 14.4 Å². The van der Waals surface area contributed by atoms with E-state index in [2.05, 4.69) is 16.1 Å². The number of aliphatic hydroxyl groups is 1. The average Bonchev–Trinajstić information content (AvgIpc) is 3.37. The number of ether oxygens (including phenoxy) is 1. The molecule has 192 valence electrons. The fraction of sp³-hybridized carbons (Fsp3) is 0.462. The van der Waals surface area contributed by atoms with E-state index < -0.39 is 35.0 Å². The number of carbonyl (C=O) groups is 2. The van der Waals surface area contributed by atoms with Gasteiger partial charge in [0.2, 0.25) is 0 Å². The molecule has 2 amide bonds. The van der Waals surface area contributed by atoms with E-state index in [0.29, 0.717) is 38.5 Å². The molecule has 2 aromatic rings. The van der Waals surface area contributed by atoms with Gasteiger partial charge in [0.05, 0.1) is 22.7 Å². The number of halogens is 2. The smallest absolute Gasteiger partial charge is 0.258 e. The van der Waals surface area contributed by atoms with Crippen molar-refractivity contribution in [3.8, 4) is 5.75 Å². The summed E-state index contributed by atoms with van der Waals surface area (Å²) in [4.78, 5) is 31.2. The Morgan fingerprint density at radius 1 is 1.14 bits per heavy atom. The van der Waals surface area contributed by atoms with Crippen LogP contribution in [0.5, 0.6) is 5.75 Å². The van der Waals surface area contributed by atoms with Gasteiger partial charge in [-0.05, 0) is 49.8 Å². The molecule has 2 unspecified atom stereocenters. The molecule has 3 saturated carbocycles. The van der Waals surface area contributed by atoms with Gasteiger partial charge < -0.3 is 20.5 Å². The number of rotatable bonds is 7. The quantitative estimate of drug-likeness (QED) is 0.450. The Kier molecular flexibility index (Phi) is 6.91. The number of hydrogen-bond donors (Lipinski definition) is 4. The Hall–Kier alpha value is -2.72. The Morgan fingerprint density at radius 2 is 1.89 bits per heavy atom.